The number of likely N-dealkylation sites (tertiary alicyclic amines) is 1. The SMILES string of the molecule is CC[NH+]1CCC[C@H]1CNC(=O)c1cccc(S(=O)(=O)N2CCCC2)c1. The fraction of sp³-hybridized carbons (Fsp3) is 0.611. The summed E-state index contributed by atoms with van der Waals surface area (Å²) < 4.78 is 26.8. The minimum absolute atomic E-state index is 0.194. The summed E-state index contributed by atoms with van der Waals surface area (Å²) in [5.41, 5.74) is 0.413. The van der Waals surface area contributed by atoms with Crippen molar-refractivity contribution < 1.29 is 18.1 Å². The summed E-state index contributed by atoms with van der Waals surface area (Å²) in [6.45, 7) is 6.18. The normalized spacial score (nSPS) is 24.5. The second-order valence-corrected chi connectivity index (χ2v) is 8.89. The predicted molar refractivity (Wildman–Crippen MR) is 96.2 cm³/mol. The number of hydrogen-bond acceptors (Lipinski definition) is 3. The molecule has 0 saturated carbocycles. The molecule has 0 aromatic heterocycles. The minimum Gasteiger partial charge on any atom is -0.346 e. The Kier molecular flexibility index (Phi) is 5.76. The highest BCUT2D eigenvalue weighted by molar-refractivity contribution is 7.89. The molecule has 0 aliphatic carbocycles. The third-order valence-electron chi connectivity index (χ3n) is 5.39. The number of quaternary nitrogens is 1. The van der Waals surface area contributed by atoms with Crippen molar-refractivity contribution in [3.63, 3.8) is 0 Å². The van der Waals surface area contributed by atoms with Gasteiger partial charge in [-0.25, -0.2) is 8.42 Å². The molecular weight excluding hydrogens is 338 g/mol. The molecule has 25 heavy (non-hydrogen) atoms. The summed E-state index contributed by atoms with van der Waals surface area (Å²) in [6.07, 6.45) is 4.13. The van der Waals surface area contributed by atoms with Gasteiger partial charge in [0.05, 0.1) is 24.5 Å². The monoisotopic (exact) mass is 366 g/mol. The molecule has 138 valence electrons. The lowest BCUT2D eigenvalue weighted by molar-refractivity contribution is -0.909. The largest absolute Gasteiger partial charge is 0.346 e. The summed E-state index contributed by atoms with van der Waals surface area (Å²) in [5, 5.41) is 2.99. The van der Waals surface area contributed by atoms with Crippen LogP contribution in [0, 0.1) is 0 Å². The first-order chi connectivity index (χ1) is 12.0. The van der Waals surface area contributed by atoms with Crippen molar-refractivity contribution in [2.75, 3.05) is 32.7 Å². The van der Waals surface area contributed by atoms with E-state index in [9.17, 15) is 13.2 Å². The van der Waals surface area contributed by atoms with Crippen LogP contribution in [0.1, 0.15) is 43.0 Å². The van der Waals surface area contributed by atoms with E-state index < -0.39 is 10.0 Å². The van der Waals surface area contributed by atoms with Gasteiger partial charge in [-0.05, 0) is 38.0 Å². The van der Waals surface area contributed by atoms with Crippen molar-refractivity contribution in [1.29, 1.82) is 0 Å². The number of benzene rings is 1. The fourth-order valence-corrected chi connectivity index (χ4v) is 5.45. The van der Waals surface area contributed by atoms with Crippen molar-refractivity contribution in [3.05, 3.63) is 29.8 Å². The van der Waals surface area contributed by atoms with E-state index in [0.29, 0.717) is 31.2 Å². The van der Waals surface area contributed by atoms with Gasteiger partial charge in [-0.1, -0.05) is 6.07 Å². The van der Waals surface area contributed by atoms with Crippen molar-refractivity contribution in [2.45, 2.75) is 43.5 Å². The molecule has 0 spiro atoms. The Bertz CT molecular complexity index is 714. The molecule has 2 saturated heterocycles. The number of sulfonamides is 1. The summed E-state index contributed by atoms with van der Waals surface area (Å²) in [5.74, 6) is -0.194. The molecule has 0 radical (unpaired) electrons. The first-order valence-electron chi connectivity index (χ1n) is 9.25. The Morgan fingerprint density at radius 1 is 1.28 bits per heavy atom. The molecular formula is C18H28N3O3S+. The topological polar surface area (TPSA) is 70.9 Å². The molecule has 0 bridgehead atoms. The molecule has 2 atom stereocenters. The Balaban J connectivity index is 1.67. The van der Waals surface area contributed by atoms with Crippen LogP contribution in [0.15, 0.2) is 29.2 Å². The third kappa shape index (κ3) is 4.04. The first kappa shape index (κ1) is 18.4. The molecule has 2 fully saturated rings. The quantitative estimate of drug-likeness (QED) is 0.759. The number of carbonyl (C=O) groups excluding carboxylic acids is 1. The maximum atomic E-state index is 12.6. The smallest absolute Gasteiger partial charge is 0.251 e. The Morgan fingerprint density at radius 3 is 2.76 bits per heavy atom. The van der Waals surface area contributed by atoms with Crippen LogP contribution in [0.2, 0.25) is 0 Å². The van der Waals surface area contributed by atoms with Gasteiger partial charge in [-0.2, -0.15) is 4.31 Å². The van der Waals surface area contributed by atoms with E-state index in [1.807, 2.05) is 0 Å². The molecule has 7 heteroatoms. The molecule has 1 amide bonds. The highest BCUT2D eigenvalue weighted by Gasteiger charge is 2.29. The molecule has 2 aliphatic rings. The number of amides is 1. The van der Waals surface area contributed by atoms with E-state index in [1.54, 1.807) is 18.2 Å². The van der Waals surface area contributed by atoms with Crippen LogP contribution in [0.25, 0.3) is 0 Å². The molecule has 1 unspecified atom stereocenters. The maximum Gasteiger partial charge on any atom is 0.251 e. The van der Waals surface area contributed by atoms with Crippen LogP contribution in [-0.2, 0) is 10.0 Å². The summed E-state index contributed by atoms with van der Waals surface area (Å²) >= 11 is 0. The van der Waals surface area contributed by atoms with E-state index in [0.717, 1.165) is 25.8 Å². The van der Waals surface area contributed by atoms with Gasteiger partial charge in [0.25, 0.3) is 5.91 Å². The number of likely N-dealkylation sites (N-methyl/N-ethyl adjacent to an activating group) is 1. The van der Waals surface area contributed by atoms with Crippen molar-refractivity contribution in [3.8, 4) is 0 Å². The number of carbonyl (C=O) groups is 1. The highest BCUT2D eigenvalue weighted by Crippen LogP contribution is 2.21. The van der Waals surface area contributed by atoms with Gasteiger partial charge < -0.3 is 10.2 Å². The predicted octanol–water partition coefficient (Wildman–Crippen LogP) is 0.268. The molecule has 2 aliphatic heterocycles. The van der Waals surface area contributed by atoms with Gasteiger partial charge in [0.1, 0.15) is 6.04 Å². The number of nitrogens with one attached hydrogen (secondary N) is 2. The van der Waals surface area contributed by atoms with Gasteiger partial charge in [0.15, 0.2) is 0 Å². The fourth-order valence-electron chi connectivity index (χ4n) is 3.89. The molecule has 2 heterocycles. The highest BCUT2D eigenvalue weighted by atomic mass is 32.2. The van der Waals surface area contributed by atoms with Gasteiger partial charge in [0, 0.05) is 31.5 Å². The second-order valence-electron chi connectivity index (χ2n) is 6.95. The zero-order valence-electron chi connectivity index (χ0n) is 14.8. The van der Waals surface area contributed by atoms with E-state index in [2.05, 4.69) is 12.2 Å². The standard InChI is InChI=1S/C18H27N3O3S/c1-2-20-10-6-8-16(20)14-19-18(22)15-7-5-9-17(13-15)25(23,24)21-11-3-4-12-21/h5,7,9,13,16H,2-4,6,8,10-12,14H2,1H3,(H,19,22)/p+1/t16-/m0/s1. The third-order valence-corrected chi connectivity index (χ3v) is 7.28. The Hall–Kier alpha value is -1.44. The zero-order chi connectivity index (χ0) is 17.9. The van der Waals surface area contributed by atoms with Crippen LogP contribution < -0.4 is 10.2 Å². The van der Waals surface area contributed by atoms with Crippen LogP contribution in [-0.4, -0.2) is 57.4 Å². The van der Waals surface area contributed by atoms with E-state index in [1.165, 1.54) is 28.2 Å². The van der Waals surface area contributed by atoms with Crippen LogP contribution in [0.5, 0.6) is 0 Å². The van der Waals surface area contributed by atoms with Crippen molar-refractivity contribution in [1.82, 2.24) is 9.62 Å². The summed E-state index contributed by atoms with van der Waals surface area (Å²) in [6, 6.07) is 6.87. The average molecular weight is 367 g/mol. The first-order valence-corrected chi connectivity index (χ1v) is 10.7. The lowest BCUT2D eigenvalue weighted by Gasteiger charge is -2.20. The maximum absolute atomic E-state index is 12.6. The van der Waals surface area contributed by atoms with Crippen LogP contribution in [0.3, 0.4) is 0 Å². The lowest BCUT2D eigenvalue weighted by Crippen LogP contribution is -3.14. The summed E-state index contributed by atoms with van der Waals surface area (Å²) in [4.78, 5) is 14.2. The van der Waals surface area contributed by atoms with Gasteiger partial charge >= 0.3 is 0 Å². The molecule has 3 rings (SSSR count). The van der Waals surface area contributed by atoms with Crippen molar-refractivity contribution in [2.24, 2.45) is 0 Å². The molecule has 1 aromatic rings. The molecule has 1 aromatic carbocycles. The zero-order valence-corrected chi connectivity index (χ0v) is 15.6. The number of hydrogen-bond donors (Lipinski definition) is 2. The molecule has 2 N–H and O–H groups in total. The van der Waals surface area contributed by atoms with E-state index in [-0.39, 0.29) is 10.8 Å². The Labute approximate surface area is 150 Å². The second kappa shape index (κ2) is 7.85. The lowest BCUT2D eigenvalue weighted by atomic mass is 10.2. The Morgan fingerprint density at radius 2 is 2.04 bits per heavy atom. The molecule has 6 nitrogen and oxygen atoms in total. The number of nitrogens with zero attached hydrogens (tertiary/aromatic N) is 1. The van der Waals surface area contributed by atoms with E-state index in [4.69, 9.17) is 0 Å². The van der Waals surface area contributed by atoms with Crippen molar-refractivity contribution >= 4 is 15.9 Å². The summed E-state index contributed by atoms with van der Waals surface area (Å²) in [7, 11) is -3.49. The van der Waals surface area contributed by atoms with Gasteiger partial charge in [-0.3, -0.25) is 4.79 Å². The van der Waals surface area contributed by atoms with Gasteiger partial charge in [0.2, 0.25) is 10.0 Å². The van der Waals surface area contributed by atoms with Crippen LogP contribution in [0.4, 0.5) is 0 Å². The minimum atomic E-state index is -3.49. The van der Waals surface area contributed by atoms with E-state index >= 15 is 0 Å². The number of rotatable bonds is 6. The average Bonchev–Trinajstić information content (AvgIpc) is 3.31. The van der Waals surface area contributed by atoms with Crippen LogP contribution >= 0.6 is 0 Å². The van der Waals surface area contributed by atoms with Gasteiger partial charge in [-0.15, -0.1) is 0 Å².